The van der Waals surface area contributed by atoms with Crippen LogP contribution >= 0.6 is 15.9 Å². The topological polar surface area (TPSA) is 33.0 Å². The van der Waals surface area contributed by atoms with Crippen LogP contribution in [0.3, 0.4) is 0 Å². The fraction of sp³-hybridized carbons (Fsp3) is 0.500. The molecule has 0 N–H and O–H groups in total. The van der Waals surface area contributed by atoms with Gasteiger partial charge in [0.05, 0.1) is 6.07 Å². The van der Waals surface area contributed by atoms with Crippen LogP contribution in [0.2, 0.25) is 13.1 Å². The third kappa shape index (κ3) is 4.93. The van der Waals surface area contributed by atoms with Gasteiger partial charge in [0.2, 0.25) is 0 Å². The molecule has 4 heteroatoms. The van der Waals surface area contributed by atoms with Crippen LogP contribution in [0.25, 0.3) is 0 Å². The van der Waals surface area contributed by atoms with Gasteiger partial charge in [-0.25, -0.2) is 0 Å². The van der Waals surface area contributed by atoms with Gasteiger partial charge in [-0.2, -0.15) is 5.26 Å². The van der Waals surface area contributed by atoms with E-state index in [-0.39, 0.29) is 0 Å². The molecule has 0 aromatic heterocycles. The van der Waals surface area contributed by atoms with Gasteiger partial charge in [-0.3, -0.25) is 0 Å². The minimum atomic E-state index is -1.78. The van der Waals surface area contributed by atoms with Crippen LogP contribution in [-0.4, -0.2) is 18.9 Å². The van der Waals surface area contributed by atoms with E-state index in [1.165, 1.54) is 5.56 Å². The van der Waals surface area contributed by atoms with Gasteiger partial charge < -0.3 is 4.43 Å². The van der Waals surface area contributed by atoms with Crippen LogP contribution < -0.4 is 0 Å². The summed E-state index contributed by atoms with van der Waals surface area (Å²) in [6, 6.07) is 12.6. The highest BCUT2D eigenvalue weighted by Crippen LogP contribution is 2.24. The van der Waals surface area contributed by atoms with Gasteiger partial charge in [0, 0.05) is 4.95 Å². The molecule has 1 unspecified atom stereocenters. The summed E-state index contributed by atoms with van der Waals surface area (Å²) in [6.07, 6.45) is 1.61. The highest BCUT2D eigenvalue weighted by molar-refractivity contribution is 9.09. The SMILES string of the molecule is CC(C#N)(CCc1ccccc1)O[Si](C)(C)CBr. The van der Waals surface area contributed by atoms with Crippen molar-refractivity contribution in [3.05, 3.63) is 35.9 Å². The molecule has 0 radical (unpaired) electrons. The smallest absolute Gasteiger partial charge is 0.199 e. The molecule has 0 fully saturated rings. The second-order valence-electron chi connectivity index (χ2n) is 5.32. The van der Waals surface area contributed by atoms with Gasteiger partial charge in [0.15, 0.2) is 8.32 Å². The number of aryl methyl sites for hydroxylation is 1. The van der Waals surface area contributed by atoms with Crippen molar-refractivity contribution in [2.24, 2.45) is 0 Å². The van der Waals surface area contributed by atoms with Gasteiger partial charge >= 0.3 is 0 Å². The predicted octanol–water partition coefficient (Wildman–Crippen LogP) is 4.06. The lowest BCUT2D eigenvalue weighted by atomic mass is 9.98. The van der Waals surface area contributed by atoms with E-state index in [2.05, 4.69) is 47.2 Å². The second kappa shape index (κ2) is 6.51. The van der Waals surface area contributed by atoms with Crippen LogP contribution in [0.1, 0.15) is 18.9 Å². The minimum Gasteiger partial charge on any atom is -0.399 e. The largest absolute Gasteiger partial charge is 0.399 e. The Bertz CT molecular complexity index is 416. The molecule has 1 atom stereocenters. The zero-order valence-electron chi connectivity index (χ0n) is 11.2. The highest BCUT2D eigenvalue weighted by Gasteiger charge is 2.33. The molecular weight excluding hydrogens is 306 g/mol. The molecule has 18 heavy (non-hydrogen) atoms. The Morgan fingerprint density at radius 2 is 1.94 bits per heavy atom. The van der Waals surface area contributed by atoms with E-state index >= 15 is 0 Å². The van der Waals surface area contributed by atoms with Gasteiger partial charge in [-0.05, 0) is 38.4 Å². The van der Waals surface area contributed by atoms with Crippen molar-refractivity contribution < 1.29 is 4.43 Å². The lowest BCUT2D eigenvalue weighted by Gasteiger charge is -2.31. The average Bonchev–Trinajstić information content (AvgIpc) is 2.37. The van der Waals surface area contributed by atoms with Crippen molar-refractivity contribution in [2.75, 3.05) is 4.95 Å². The van der Waals surface area contributed by atoms with Crippen molar-refractivity contribution in [2.45, 2.75) is 38.5 Å². The van der Waals surface area contributed by atoms with Crippen LogP contribution in [0.15, 0.2) is 30.3 Å². The van der Waals surface area contributed by atoms with Crippen molar-refractivity contribution in [3.8, 4) is 6.07 Å². The molecule has 98 valence electrons. The molecule has 0 saturated heterocycles. The van der Waals surface area contributed by atoms with E-state index in [0.717, 1.165) is 17.8 Å². The first-order valence-electron chi connectivity index (χ1n) is 6.12. The first-order chi connectivity index (χ1) is 8.41. The summed E-state index contributed by atoms with van der Waals surface area (Å²) in [5.41, 5.74) is 0.570. The highest BCUT2D eigenvalue weighted by atomic mass is 79.9. The van der Waals surface area contributed by atoms with Crippen LogP contribution in [0.4, 0.5) is 0 Å². The fourth-order valence-corrected chi connectivity index (χ4v) is 3.56. The summed E-state index contributed by atoms with van der Waals surface area (Å²) in [5.74, 6) is 0. The Balaban J connectivity index is 2.64. The maximum absolute atomic E-state index is 9.35. The monoisotopic (exact) mass is 325 g/mol. The number of alkyl halides is 1. The van der Waals surface area contributed by atoms with Crippen LogP contribution in [-0.2, 0) is 10.8 Å². The maximum Gasteiger partial charge on any atom is 0.199 e. The molecule has 1 aromatic carbocycles. The summed E-state index contributed by atoms with van der Waals surface area (Å²) in [5, 5.41) is 9.35. The predicted molar refractivity (Wildman–Crippen MR) is 81.1 cm³/mol. The third-order valence-electron chi connectivity index (χ3n) is 2.79. The molecule has 0 spiro atoms. The summed E-state index contributed by atoms with van der Waals surface area (Å²) in [4.78, 5) is 0.850. The van der Waals surface area contributed by atoms with Crippen molar-refractivity contribution >= 4 is 24.2 Å². The molecule has 0 heterocycles. The molecule has 0 amide bonds. The van der Waals surface area contributed by atoms with E-state index in [4.69, 9.17) is 4.43 Å². The third-order valence-corrected chi connectivity index (χ3v) is 8.49. The molecular formula is C14H20BrNOSi. The molecule has 0 aliphatic rings. The normalized spacial score (nSPS) is 14.8. The van der Waals surface area contributed by atoms with Crippen LogP contribution in [0, 0.1) is 11.3 Å². The maximum atomic E-state index is 9.35. The number of halogens is 1. The first-order valence-corrected chi connectivity index (χ1v) is 10.4. The average molecular weight is 326 g/mol. The molecule has 2 nitrogen and oxygen atoms in total. The first kappa shape index (κ1) is 15.4. The number of nitriles is 1. The van der Waals surface area contributed by atoms with Gasteiger partial charge in [0.1, 0.15) is 5.60 Å². The molecule has 1 rings (SSSR count). The van der Waals surface area contributed by atoms with E-state index in [0.29, 0.717) is 0 Å². The van der Waals surface area contributed by atoms with Crippen LogP contribution in [0.5, 0.6) is 0 Å². The lowest BCUT2D eigenvalue weighted by Crippen LogP contribution is -2.43. The number of hydrogen-bond acceptors (Lipinski definition) is 2. The van der Waals surface area contributed by atoms with Crippen molar-refractivity contribution in [1.29, 1.82) is 5.26 Å². The molecule has 0 bridgehead atoms. The molecule has 0 saturated carbocycles. The summed E-state index contributed by atoms with van der Waals surface area (Å²) in [7, 11) is -1.78. The number of hydrogen-bond donors (Lipinski definition) is 0. The number of nitrogens with zero attached hydrogens (tertiary/aromatic N) is 1. The van der Waals surface area contributed by atoms with E-state index < -0.39 is 13.9 Å². The summed E-state index contributed by atoms with van der Waals surface area (Å²) < 4.78 is 6.08. The Morgan fingerprint density at radius 1 is 1.33 bits per heavy atom. The summed E-state index contributed by atoms with van der Waals surface area (Å²) >= 11 is 3.48. The minimum absolute atomic E-state index is 0.681. The quantitative estimate of drug-likeness (QED) is 0.583. The van der Waals surface area contributed by atoms with E-state index in [9.17, 15) is 5.26 Å². The van der Waals surface area contributed by atoms with E-state index in [1.54, 1.807) is 0 Å². The zero-order chi connectivity index (χ0) is 13.6. The Labute approximate surface area is 119 Å². The van der Waals surface area contributed by atoms with Crippen molar-refractivity contribution in [1.82, 2.24) is 0 Å². The lowest BCUT2D eigenvalue weighted by molar-refractivity contribution is 0.130. The van der Waals surface area contributed by atoms with Gasteiger partial charge in [-0.15, -0.1) is 0 Å². The fourth-order valence-electron chi connectivity index (χ4n) is 1.79. The second-order valence-corrected chi connectivity index (χ2v) is 11.0. The summed E-state index contributed by atoms with van der Waals surface area (Å²) in [6.45, 7) is 6.15. The number of benzene rings is 1. The number of rotatable bonds is 6. The molecule has 0 aliphatic heterocycles. The van der Waals surface area contributed by atoms with Gasteiger partial charge in [-0.1, -0.05) is 46.3 Å². The Morgan fingerprint density at radius 3 is 2.44 bits per heavy atom. The standard InChI is InChI=1S/C14H20BrNOSi/c1-14(11-16,17-18(2,3)12-15)10-9-13-7-5-4-6-8-13/h4-8H,9-10,12H2,1-3H3. The van der Waals surface area contributed by atoms with Gasteiger partial charge in [0.25, 0.3) is 0 Å². The van der Waals surface area contributed by atoms with Crippen molar-refractivity contribution in [3.63, 3.8) is 0 Å². The Kier molecular flexibility index (Phi) is 5.58. The molecule has 0 aliphatic carbocycles. The van der Waals surface area contributed by atoms with E-state index in [1.807, 2.05) is 25.1 Å². The Hall–Kier alpha value is -0.633. The molecule has 1 aromatic rings. The zero-order valence-corrected chi connectivity index (χ0v) is 13.8.